The SMILES string of the molecule is C/C=C(\c1c(C)ncc(C)c1C)[C@@H]1CCN(C(=O)C2CCCC2)C(C)(C)C1. The third-order valence-corrected chi connectivity index (χ3v) is 6.97. The average Bonchev–Trinajstić information content (AvgIpc) is 3.15. The lowest BCUT2D eigenvalue weighted by Crippen LogP contribution is -2.54. The van der Waals surface area contributed by atoms with E-state index in [0.29, 0.717) is 11.8 Å². The van der Waals surface area contributed by atoms with Gasteiger partial charge in [-0.3, -0.25) is 9.78 Å². The predicted octanol–water partition coefficient (Wildman–Crippen LogP) is 5.62. The van der Waals surface area contributed by atoms with Crippen molar-refractivity contribution in [3.63, 3.8) is 0 Å². The highest BCUT2D eigenvalue weighted by Crippen LogP contribution is 2.42. The summed E-state index contributed by atoms with van der Waals surface area (Å²) in [6.07, 6.45) is 10.9. The summed E-state index contributed by atoms with van der Waals surface area (Å²) in [5, 5.41) is 0. The molecule has 1 aromatic heterocycles. The van der Waals surface area contributed by atoms with Crippen molar-refractivity contribution in [2.75, 3.05) is 6.54 Å². The molecule has 148 valence electrons. The van der Waals surface area contributed by atoms with Gasteiger partial charge < -0.3 is 4.90 Å². The van der Waals surface area contributed by atoms with Crippen molar-refractivity contribution >= 4 is 11.5 Å². The zero-order valence-corrected chi connectivity index (χ0v) is 18.1. The quantitative estimate of drug-likeness (QED) is 0.694. The number of amides is 1. The van der Waals surface area contributed by atoms with Crippen LogP contribution in [0.4, 0.5) is 0 Å². The number of pyridine rings is 1. The van der Waals surface area contributed by atoms with Crippen LogP contribution in [0.15, 0.2) is 12.3 Å². The van der Waals surface area contributed by atoms with Crippen LogP contribution in [0.2, 0.25) is 0 Å². The van der Waals surface area contributed by atoms with Crippen LogP contribution in [-0.4, -0.2) is 27.9 Å². The van der Waals surface area contributed by atoms with Crippen molar-refractivity contribution in [2.45, 2.75) is 85.6 Å². The second-order valence-electron chi connectivity index (χ2n) is 9.24. The standard InChI is InChI=1S/C24H36N2O/c1-7-21(22-17(3)16(2)15-25-18(22)4)20-12-13-26(24(5,6)14-20)23(27)19-10-8-9-11-19/h7,15,19-20H,8-14H2,1-6H3/b21-7-/t20-/m1/s1. The van der Waals surface area contributed by atoms with Gasteiger partial charge in [0, 0.05) is 35.5 Å². The Morgan fingerprint density at radius 1 is 1.15 bits per heavy atom. The van der Waals surface area contributed by atoms with Crippen LogP contribution < -0.4 is 0 Å². The number of likely N-dealkylation sites (tertiary alicyclic amines) is 1. The van der Waals surface area contributed by atoms with Gasteiger partial charge in [0.05, 0.1) is 0 Å². The van der Waals surface area contributed by atoms with Crippen molar-refractivity contribution in [2.24, 2.45) is 11.8 Å². The average molecular weight is 369 g/mol. The van der Waals surface area contributed by atoms with E-state index < -0.39 is 0 Å². The third-order valence-electron chi connectivity index (χ3n) is 6.97. The molecule has 0 bridgehead atoms. The highest BCUT2D eigenvalue weighted by molar-refractivity contribution is 5.80. The molecule has 3 rings (SSSR count). The second kappa shape index (κ2) is 7.77. The molecule has 27 heavy (non-hydrogen) atoms. The Morgan fingerprint density at radius 3 is 2.41 bits per heavy atom. The Balaban J connectivity index is 1.84. The van der Waals surface area contributed by atoms with Crippen molar-refractivity contribution in [3.8, 4) is 0 Å². The minimum absolute atomic E-state index is 0.0874. The maximum absolute atomic E-state index is 13.1. The van der Waals surface area contributed by atoms with Gasteiger partial charge in [0.2, 0.25) is 5.91 Å². The fourth-order valence-electron chi connectivity index (χ4n) is 5.30. The normalized spacial score (nSPS) is 23.7. The van der Waals surface area contributed by atoms with Crippen LogP contribution in [0.1, 0.15) is 81.7 Å². The van der Waals surface area contributed by atoms with Crippen molar-refractivity contribution in [3.05, 3.63) is 34.7 Å². The molecule has 3 nitrogen and oxygen atoms in total. The van der Waals surface area contributed by atoms with Crippen LogP contribution >= 0.6 is 0 Å². The van der Waals surface area contributed by atoms with Gasteiger partial charge in [-0.25, -0.2) is 0 Å². The molecule has 2 heterocycles. The van der Waals surface area contributed by atoms with E-state index in [1.54, 1.807) is 0 Å². The Kier molecular flexibility index (Phi) is 5.79. The van der Waals surface area contributed by atoms with E-state index in [4.69, 9.17) is 0 Å². The third kappa shape index (κ3) is 3.83. The Hall–Kier alpha value is -1.64. The highest BCUT2D eigenvalue weighted by atomic mass is 16.2. The van der Waals surface area contributed by atoms with E-state index in [-0.39, 0.29) is 11.5 Å². The van der Waals surface area contributed by atoms with Gasteiger partial charge >= 0.3 is 0 Å². The van der Waals surface area contributed by atoms with E-state index in [9.17, 15) is 4.79 Å². The minimum Gasteiger partial charge on any atom is -0.337 e. The minimum atomic E-state index is -0.0874. The van der Waals surface area contributed by atoms with Gasteiger partial charge in [0.1, 0.15) is 0 Å². The molecule has 1 amide bonds. The molecule has 2 aliphatic rings. The van der Waals surface area contributed by atoms with E-state index in [2.05, 4.69) is 57.5 Å². The number of carbonyl (C=O) groups is 1. The molecule has 0 unspecified atom stereocenters. The summed E-state index contributed by atoms with van der Waals surface area (Å²) in [7, 11) is 0. The van der Waals surface area contributed by atoms with Crippen LogP contribution in [0.25, 0.3) is 5.57 Å². The molecule has 1 atom stereocenters. The molecule has 1 aromatic rings. The fraction of sp³-hybridized carbons (Fsp3) is 0.667. The summed E-state index contributed by atoms with van der Waals surface area (Å²) in [5.74, 6) is 1.16. The molecule has 0 N–H and O–H groups in total. The highest BCUT2D eigenvalue weighted by Gasteiger charge is 2.41. The van der Waals surface area contributed by atoms with Gasteiger partial charge in [-0.15, -0.1) is 0 Å². The summed E-state index contributed by atoms with van der Waals surface area (Å²) in [5.41, 5.74) is 6.38. The van der Waals surface area contributed by atoms with Crippen LogP contribution in [0.5, 0.6) is 0 Å². The lowest BCUT2D eigenvalue weighted by Gasteiger charge is -2.47. The number of rotatable bonds is 3. The number of hydrogen-bond acceptors (Lipinski definition) is 2. The summed E-state index contributed by atoms with van der Waals surface area (Å²) in [4.78, 5) is 19.9. The topological polar surface area (TPSA) is 33.2 Å². The van der Waals surface area contributed by atoms with Crippen LogP contribution in [0.3, 0.4) is 0 Å². The summed E-state index contributed by atoms with van der Waals surface area (Å²) in [6.45, 7) is 14.0. The Bertz CT molecular complexity index is 741. The number of carbonyl (C=O) groups excluding carboxylic acids is 1. The van der Waals surface area contributed by atoms with Crippen molar-refractivity contribution in [1.82, 2.24) is 9.88 Å². The van der Waals surface area contributed by atoms with Gasteiger partial charge in [-0.2, -0.15) is 0 Å². The molecular weight excluding hydrogens is 332 g/mol. The Labute approximate surface area is 165 Å². The lowest BCUT2D eigenvalue weighted by molar-refractivity contribution is -0.143. The molecule has 3 heteroatoms. The molecular formula is C24H36N2O. The molecule has 0 aromatic carbocycles. The number of piperidine rings is 1. The summed E-state index contributed by atoms with van der Waals surface area (Å²) in [6, 6.07) is 0. The smallest absolute Gasteiger partial charge is 0.226 e. The van der Waals surface area contributed by atoms with Gasteiger partial charge in [-0.1, -0.05) is 18.9 Å². The van der Waals surface area contributed by atoms with Crippen molar-refractivity contribution < 1.29 is 4.79 Å². The lowest BCUT2D eigenvalue weighted by atomic mass is 9.75. The number of aromatic nitrogens is 1. The number of hydrogen-bond donors (Lipinski definition) is 0. The molecule has 0 spiro atoms. The van der Waals surface area contributed by atoms with Gasteiger partial charge in [0.25, 0.3) is 0 Å². The first-order chi connectivity index (χ1) is 12.8. The monoisotopic (exact) mass is 368 g/mol. The zero-order chi connectivity index (χ0) is 19.8. The number of allylic oxidation sites excluding steroid dienone is 2. The first-order valence-electron chi connectivity index (χ1n) is 10.7. The largest absolute Gasteiger partial charge is 0.337 e. The molecule has 1 saturated heterocycles. The Morgan fingerprint density at radius 2 is 1.81 bits per heavy atom. The predicted molar refractivity (Wildman–Crippen MR) is 113 cm³/mol. The zero-order valence-electron chi connectivity index (χ0n) is 18.1. The summed E-state index contributed by atoms with van der Waals surface area (Å²) < 4.78 is 0. The van der Waals surface area contributed by atoms with E-state index in [0.717, 1.165) is 37.9 Å². The maximum atomic E-state index is 13.1. The van der Waals surface area contributed by atoms with Crippen LogP contribution in [-0.2, 0) is 4.79 Å². The molecule has 1 saturated carbocycles. The fourth-order valence-corrected chi connectivity index (χ4v) is 5.30. The molecule has 0 radical (unpaired) electrons. The molecule has 2 fully saturated rings. The number of nitrogens with zero attached hydrogens (tertiary/aromatic N) is 2. The van der Waals surface area contributed by atoms with E-state index >= 15 is 0 Å². The number of aryl methyl sites for hydroxylation is 2. The first-order valence-corrected chi connectivity index (χ1v) is 10.7. The van der Waals surface area contributed by atoms with E-state index in [1.165, 1.54) is 35.1 Å². The van der Waals surface area contributed by atoms with Gasteiger partial charge in [-0.05, 0) is 89.8 Å². The van der Waals surface area contributed by atoms with E-state index in [1.807, 2.05) is 6.20 Å². The second-order valence-corrected chi connectivity index (χ2v) is 9.24. The van der Waals surface area contributed by atoms with Gasteiger partial charge in [0.15, 0.2) is 0 Å². The summed E-state index contributed by atoms with van der Waals surface area (Å²) >= 11 is 0. The van der Waals surface area contributed by atoms with Crippen LogP contribution in [0, 0.1) is 32.6 Å². The molecule has 1 aliphatic carbocycles. The first kappa shape index (κ1) is 20.1. The maximum Gasteiger partial charge on any atom is 0.226 e. The molecule has 1 aliphatic heterocycles. The van der Waals surface area contributed by atoms with Crippen molar-refractivity contribution in [1.29, 1.82) is 0 Å².